The lowest BCUT2D eigenvalue weighted by molar-refractivity contribution is -0.161. The maximum Gasteiger partial charge on any atom is 0.472 e. The van der Waals surface area contributed by atoms with E-state index in [1.54, 1.807) is 0 Å². The Kier molecular flexibility index (Phi) is 59.9. The minimum atomic E-state index is -4.95. The molecule has 0 amide bonds. The second-order valence-electron chi connectivity index (χ2n) is 25.6. The van der Waals surface area contributed by atoms with Crippen molar-refractivity contribution in [2.45, 2.75) is 368 Å². The Bertz CT molecular complexity index is 1720. The molecule has 522 valence electrons. The zero-order valence-corrected chi connectivity index (χ0v) is 58.8. The topological polar surface area (TPSA) is 237 Å². The first kappa shape index (κ1) is 86.1. The van der Waals surface area contributed by atoms with Gasteiger partial charge in [-0.05, 0) is 37.5 Å². The predicted octanol–water partition coefficient (Wildman–Crippen LogP) is 19.6. The van der Waals surface area contributed by atoms with Crippen LogP contribution in [0, 0.1) is 11.8 Å². The average Bonchev–Trinajstić information content (AvgIpc) is 3.64. The Balaban J connectivity index is 5.19. The molecule has 0 rings (SSSR count). The number of aliphatic hydroxyl groups excluding tert-OH is 1. The number of carbonyl (C=O) groups is 4. The molecule has 0 aliphatic heterocycles. The van der Waals surface area contributed by atoms with E-state index in [9.17, 15) is 43.2 Å². The van der Waals surface area contributed by atoms with Gasteiger partial charge in [-0.2, -0.15) is 0 Å². The first-order valence-electron chi connectivity index (χ1n) is 36.0. The molecule has 17 nitrogen and oxygen atoms in total. The van der Waals surface area contributed by atoms with Crippen LogP contribution in [0.4, 0.5) is 0 Å². The number of carbonyl (C=O) groups excluding carboxylic acids is 4. The molecular weight excluding hydrogens is 1160 g/mol. The summed E-state index contributed by atoms with van der Waals surface area (Å²) in [5, 5.41) is 10.6. The van der Waals surface area contributed by atoms with E-state index in [4.69, 9.17) is 37.0 Å². The fraction of sp³-hybridized carbons (Fsp3) is 0.942. The van der Waals surface area contributed by atoms with Gasteiger partial charge >= 0.3 is 39.5 Å². The Morgan fingerprint density at radius 1 is 0.330 bits per heavy atom. The summed E-state index contributed by atoms with van der Waals surface area (Å²) in [5.41, 5.74) is 0. The molecule has 0 aromatic carbocycles. The van der Waals surface area contributed by atoms with E-state index in [0.29, 0.717) is 25.7 Å². The van der Waals surface area contributed by atoms with E-state index in [1.807, 2.05) is 0 Å². The van der Waals surface area contributed by atoms with E-state index >= 15 is 0 Å². The fourth-order valence-corrected chi connectivity index (χ4v) is 12.0. The smallest absolute Gasteiger partial charge is 0.462 e. The van der Waals surface area contributed by atoms with Gasteiger partial charge < -0.3 is 33.8 Å². The number of aliphatic hydroxyl groups is 1. The molecule has 88 heavy (non-hydrogen) atoms. The summed E-state index contributed by atoms with van der Waals surface area (Å²) in [7, 11) is -9.89. The van der Waals surface area contributed by atoms with Gasteiger partial charge in [0.05, 0.1) is 26.4 Å². The highest BCUT2D eigenvalue weighted by atomic mass is 31.2. The number of ether oxygens (including phenoxy) is 4. The highest BCUT2D eigenvalue weighted by molar-refractivity contribution is 7.47. The van der Waals surface area contributed by atoms with Crippen molar-refractivity contribution in [1.82, 2.24) is 0 Å². The summed E-state index contributed by atoms with van der Waals surface area (Å²) >= 11 is 0. The summed E-state index contributed by atoms with van der Waals surface area (Å²) in [6.45, 7) is 9.48. The van der Waals surface area contributed by atoms with Crippen LogP contribution >= 0.6 is 15.6 Å². The van der Waals surface area contributed by atoms with Crippen molar-refractivity contribution in [1.29, 1.82) is 0 Å². The summed E-state index contributed by atoms with van der Waals surface area (Å²) in [5.74, 6) is -0.609. The van der Waals surface area contributed by atoms with Crippen molar-refractivity contribution in [3.8, 4) is 0 Å². The first-order chi connectivity index (χ1) is 42.4. The molecule has 0 fully saturated rings. The molecule has 3 unspecified atom stereocenters. The van der Waals surface area contributed by atoms with Crippen LogP contribution < -0.4 is 0 Å². The molecule has 0 saturated carbocycles. The third kappa shape index (κ3) is 61.6. The van der Waals surface area contributed by atoms with Crippen LogP contribution in [-0.4, -0.2) is 96.7 Å². The average molecular weight is 1300 g/mol. The van der Waals surface area contributed by atoms with Crippen LogP contribution in [0.5, 0.6) is 0 Å². The number of rotatable bonds is 68. The van der Waals surface area contributed by atoms with Gasteiger partial charge in [0, 0.05) is 25.7 Å². The van der Waals surface area contributed by atoms with Crippen molar-refractivity contribution in [2.24, 2.45) is 11.8 Å². The minimum absolute atomic E-state index is 0.103. The van der Waals surface area contributed by atoms with Crippen LogP contribution in [0.1, 0.15) is 350 Å². The zero-order valence-electron chi connectivity index (χ0n) is 57.0. The normalized spacial score (nSPS) is 14.5. The largest absolute Gasteiger partial charge is 0.472 e. The number of esters is 4. The van der Waals surface area contributed by atoms with Gasteiger partial charge in [0.2, 0.25) is 0 Å². The van der Waals surface area contributed by atoms with Crippen molar-refractivity contribution in [2.75, 3.05) is 39.6 Å². The number of hydrogen-bond acceptors (Lipinski definition) is 15. The standard InChI is InChI=1S/C69H134O17P2/c1-7-10-12-14-16-17-18-22-26-29-33-40-46-52-67(72)80-58-64(85-68(73)53-47-41-34-30-27-24-21-19-20-23-25-28-32-37-43-49-61(4)5)59-83-87(75,76)81-55-63(70)56-82-88(77,78)84-60-65(57-79-66(71)51-45-39-31-15-13-11-8-2)86-69(74)54-48-42-36-35-38-44-50-62(6)9-3/h61-65,70H,7-60H2,1-6H3,(H,75,76)(H,77,78)/t62?,63-,64-,65-/m1/s1. The molecule has 0 heterocycles. The molecule has 0 radical (unpaired) electrons. The van der Waals surface area contributed by atoms with Crippen LogP contribution in [-0.2, 0) is 65.4 Å². The number of phosphoric ester groups is 2. The summed E-state index contributed by atoms with van der Waals surface area (Å²) < 4.78 is 68.1. The quantitative estimate of drug-likeness (QED) is 0.0222. The zero-order chi connectivity index (χ0) is 65.0. The molecule has 19 heteroatoms. The van der Waals surface area contributed by atoms with E-state index in [1.165, 1.54) is 154 Å². The maximum atomic E-state index is 13.0. The van der Waals surface area contributed by atoms with Gasteiger partial charge in [0.15, 0.2) is 12.2 Å². The van der Waals surface area contributed by atoms with Gasteiger partial charge in [-0.15, -0.1) is 0 Å². The van der Waals surface area contributed by atoms with E-state index in [2.05, 4.69) is 41.5 Å². The third-order valence-electron chi connectivity index (χ3n) is 16.3. The molecule has 0 aromatic heterocycles. The van der Waals surface area contributed by atoms with Crippen molar-refractivity contribution < 1.29 is 80.2 Å². The van der Waals surface area contributed by atoms with Crippen molar-refractivity contribution in [3.63, 3.8) is 0 Å². The van der Waals surface area contributed by atoms with Crippen molar-refractivity contribution >= 4 is 39.5 Å². The monoisotopic (exact) mass is 1300 g/mol. The van der Waals surface area contributed by atoms with Gasteiger partial charge in [-0.25, -0.2) is 9.13 Å². The van der Waals surface area contributed by atoms with E-state index in [0.717, 1.165) is 115 Å². The van der Waals surface area contributed by atoms with Crippen molar-refractivity contribution in [3.05, 3.63) is 0 Å². The van der Waals surface area contributed by atoms with Gasteiger partial charge in [0.1, 0.15) is 19.3 Å². The summed E-state index contributed by atoms with van der Waals surface area (Å²) in [6, 6.07) is 0. The lowest BCUT2D eigenvalue weighted by atomic mass is 10.00. The molecule has 0 spiro atoms. The molecular formula is C69H134O17P2. The Morgan fingerprint density at radius 2 is 0.580 bits per heavy atom. The van der Waals surface area contributed by atoms with E-state index < -0.39 is 97.5 Å². The van der Waals surface area contributed by atoms with Crippen LogP contribution in [0.3, 0.4) is 0 Å². The molecule has 0 aromatic rings. The Morgan fingerprint density at radius 3 is 0.864 bits per heavy atom. The third-order valence-corrected chi connectivity index (χ3v) is 18.2. The number of phosphoric acid groups is 2. The second kappa shape index (κ2) is 61.3. The Hall–Kier alpha value is -1.94. The fourth-order valence-electron chi connectivity index (χ4n) is 10.4. The van der Waals surface area contributed by atoms with Crippen LogP contribution in [0.15, 0.2) is 0 Å². The van der Waals surface area contributed by atoms with E-state index in [-0.39, 0.29) is 25.7 Å². The van der Waals surface area contributed by atoms with Crippen LogP contribution in [0.2, 0.25) is 0 Å². The molecule has 0 saturated heterocycles. The van der Waals surface area contributed by atoms with Crippen LogP contribution in [0.25, 0.3) is 0 Å². The SMILES string of the molecule is CCCCCCCCCCCCCCCC(=O)OC[C@H](COP(=O)(O)OC[C@@H](O)COP(=O)(O)OC[C@@H](COC(=O)CCCCCCCCC)OC(=O)CCCCCCCCC(C)CC)OC(=O)CCCCCCCCCCCCCCCCCC(C)C. The number of hydrogen-bond donors (Lipinski definition) is 3. The second-order valence-corrected chi connectivity index (χ2v) is 28.5. The predicted molar refractivity (Wildman–Crippen MR) is 354 cm³/mol. The Labute approximate surface area is 537 Å². The molecule has 0 aliphatic rings. The number of unbranched alkanes of at least 4 members (excludes halogenated alkanes) is 37. The highest BCUT2D eigenvalue weighted by Crippen LogP contribution is 2.45. The molecule has 0 aliphatic carbocycles. The lowest BCUT2D eigenvalue weighted by Gasteiger charge is -2.21. The molecule has 6 atom stereocenters. The minimum Gasteiger partial charge on any atom is -0.462 e. The summed E-state index contributed by atoms with van der Waals surface area (Å²) in [6.07, 6.45) is 46.0. The lowest BCUT2D eigenvalue weighted by Crippen LogP contribution is -2.30. The maximum absolute atomic E-state index is 13.0. The molecule has 0 bridgehead atoms. The van der Waals surface area contributed by atoms with Gasteiger partial charge in [-0.3, -0.25) is 37.3 Å². The van der Waals surface area contributed by atoms with Gasteiger partial charge in [-0.1, -0.05) is 298 Å². The first-order valence-corrected chi connectivity index (χ1v) is 39.0. The summed E-state index contributed by atoms with van der Waals surface area (Å²) in [4.78, 5) is 72.3. The highest BCUT2D eigenvalue weighted by Gasteiger charge is 2.30. The van der Waals surface area contributed by atoms with Gasteiger partial charge in [0.25, 0.3) is 0 Å². The molecule has 3 N–H and O–H groups in total.